The molecule has 1 aliphatic heterocycles. The van der Waals surface area contributed by atoms with Gasteiger partial charge in [0.05, 0.1) is 30.9 Å². The van der Waals surface area contributed by atoms with Gasteiger partial charge in [0.25, 0.3) is 0 Å². The normalized spacial score (nSPS) is 16.0. The van der Waals surface area contributed by atoms with Gasteiger partial charge in [0.2, 0.25) is 5.91 Å². The number of hydrazone groups is 1. The van der Waals surface area contributed by atoms with E-state index in [1.807, 2.05) is 29.6 Å². The van der Waals surface area contributed by atoms with Gasteiger partial charge in [-0.15, -0.1) is 11.3 Å². The van der Waals surface area contributed by atoms with Crippen molar-refractivity contribution in [3.8, 4) is 11.5 Å². The van der Waals surface area contributed by atoms with Crippen molar-refractivity contribution in [2.45, 2.75) is 31.7 Å². The molecule has 1 aromatic heterocycles. The predicted octanol–water partition coefficient (Wildman–Crippen LogP) is 3.70. The summed E-state index contributed by atoms with van der Waals surface area (Å²) in [6.45, 7) is 0. The second-order valence-corrected chi connectivity index (χ2v) is 7.32. The summed E-state index contributed by atoms with van der Waals surface area (Å²) in [6, 6.07) is 9.15. The summed E-state index contributed by atoms with van der Waals surface area (Å²) in [4.78, 5) is 24.6. The number of ether oxygens (including phenoxy) is 2. The molecular weight excluding hydrogens is 380 g/mol. The number of methoxy groups -OCH3 is 2. The van der Waals surface area contributed by atoms with Crippen LogP contribution in [0.25, 0.3) is 0 Å². The lowest BCUT2D eigenvalue weighted by molar-refractivity contribution is -0.137. The van der Waals surface area contributed by atoms with Crippen LogP contribution in [0.2, 0.25) is 0 Å². The molecule has 1 aliphatic rings. The Balaban J connectivity index is 1.89. The Morgan fingerprint density at radius 1 is 1.21 bits per heavy atom. The lowest BCUT2D eigenvalue weighted by Crippen LogP contribution is -2.27. The molecule has 1 N–H and O–H groups in total. The quantitative estimate of drug-likeness (QED) is 0.727. The molecule has 0 unspecified atom stereocenters. The summed E-state index contributed by atoms with van der Waals surface area (Å²) in [6.07, 6.45) is 0.939. The summed E-state index contributed by atoms with van der Waals surface area (Å²) >= 11 is 1.57. The monoisotopic (exact) mass is 402 g/mol. The van der Waals surface area contributed by atoms with Crippen LogP contribution >= 0.6 is 11.3 Å². The van der Waals surface area contributed by atoms with E-state index in [1.54, 1.807) is 31.6 Å². The van der Waals surface area contributed by atoms with Crippen LogP contribution in [0.4, 0.5) is 0 Å². The first-order chi connectivity index (χ1) is 13.5. The van der Waals surface area contributed by atoms with Gasteiger partial charge in [-0.05, 0) is 35.6 Å². The highest BCUT2D eigenvalue weighted by molar-refractivity contribution is 7.12. The second kappa shape index (κ2) is 8.88. The van der Waals surface area contributed by atoms with E-state index in [1.165, 1.54) is 5.01 Å². The van der Waals surface area contributed by atoms with Crippen LogP contribution in [0.15, 0.2) is 40.8 Å². The number of rotatable bonds is 8. The van der Waals surface area contributed by atoms with Crippen LogP contribution in [0.3, 0.4) is 0 Å². The number of carboxylic acid groups (broad SMARTS) is 1. The predicted molar refractivity (Wildman–Crippen MR) is 106 cm³/mol. The number of hydrogen-bond donors (Lipinski definition) is 1. The van der Waals surface area contributed by atoms with Crippen molar-refractivity contribution >= 4 is 28.9 Å². The molecule has 7 nitrogen and oxygen atoms in total. The molecule has 0 bridgehead atoms. The molecule has 1 atom stereocenters. The SMILES string of the molecule is COc1cc(OC)cc([C@@H]2CC(c3cccs3)=NN2C(=O)CCCC(=O)O)c1. The highest BCUT2D eigenvalue weighted by atomic mass is 32.1. The van der Waals surface area contributed by atoms with Crippen LogP contribution in [-0.2, 0) is 9.59 Å². The summed E-state index contributed by atoms with van der Waals surface area (Å²) in [5.41, 5.74) is 1.70. The largest absolute Gasteiger partial charge is 0.497 e. The molecular formula is C20H22N2O5S. The van der Waals surface area contributed by atoms with E-state index in [4.69, 9.17) is 14.6 Å². The maximum absolute atomic E-state index is 12.8. The van der Waals surface area contributed by atoms with Gasteiger partial charge in [-0.1, -0.05) is 6.07 Å². The zero-order valence-electron chi connectivity index (χ0n) is 15.8. The van der Waals surface area contributed by atoms with Crippen LogP contribution in [0.5, 0.6) is 11.5 Å². The van der Waals surface area contributed by atoms with Gasteiger partial charge >= 0.3 is 5.97 Å². The van der Waals surface area contributed by atoms with Crippen LogP contribution in [0.1, 0.15) is 42.2 Å². The number of thiophene rings is 1. The van der Waals surface area contributed by atoms with Crippen molar-refractivity contribution in [3.63, 3.8) is 0 Å². The maximum atomic E-state index is 12.8. The molecule has 0 spiro atoms. The number of benzene rings is 1. The number of carboxylic acids is 1. The average Bonchev–Trinajstić information content (AvgIpc) is 3.36. The molecule has 0 aliphatic carbocycles. The lowest BCUT2D eigenvalue weighted by Gasteiger charge is -2.23. The minimum atomic E-state index is -0.911. The molecule has 0 saturated carbocycles. The van der Waals surface area contributed by atoms with E-state index >= 15 is 0 Å². The molecule has 8 heteroatoms. The van der Waals surface area contributed by atoms with Crippen molar-refractivity contribution in [2.75, 3.05) is 14.2 Å². The fourth-order valence-corrected chi connectivity index (χ4v) is 3.84. The number of aliphatic carboxylic acids is 1. The van der Waals surface area contributed by atoms with E-state index in [2.05, 4.69) is 5.10 Å². The summed E-state index contributed by atoms with van der Waals surface area (Å²) in [7, 11) is 3.16. The summed E-state index contributed by atoms with van der Waals surface area (Å²) in [5.74, 6) is 0.167. The lowest BCUT2D eigenvalue weighted by atomic mass is 10.00. The Hall–Kier alpha value is -2.87. The van der Waals surface area contributed by atoms with Gasteiger partial charge in [-0.3, -0.25) is 9.59 Å². The van der Waals surface area contributed by atoms with Gasteiger partial charge in [-0.2, -0.15) is 5.10 Å². The number of amides is 1. The fraction of sp³-hybridized carbons (Fsp3) is 0.350. The topological polar surface area (TPSA) is 88.4 Å². The van der Waals surface area contributed by atoms with Crippen molar-refractivity contribution < 1.29 is 24.2 Å². The smallest absolute Gasteiger partial charge is 0.303 e. The molecule has 2 aromatic rings. The molecule has 1 aromatic carbocycles. The first-order valence-electron chi connectivity index (χ1n) is 8.90. The Labute approximate surface area is 167 Å². The third-order valence-electron chi connectivity index (χ3n) is 4.51. The van der Waals surface area contributed by atoms with Crippen LogP contribution in [0, 0.1) is 0 Å². The summed E-state index contributed by atoms with van der Waals surface area (Å²) < 4.78 is 10.7. The molecule has 2 heterocycles. The Morgan fingerprint density at radius 3 is 2.50 bits per heavy atom. The van der Waals surface area contributed by atoms with E-state index in [-0.39, 0.29) is 31.2 Å². The van der Waals surface area contributed by atoms with Crippen molar-refractivity contribution in [3.05, 3.63) is 46.2 Å². The van der Waals surface area contributed by atoms with Gasteiger partial charge < -0.3 is 14.6 Å². The number of carbonyl (C=O) groups excluding carboxylic acids is 1. The fourth-order valence-electron chi connectivity index (χ4n) is 3.12. The molecule has 148 valence electrons. The van der Waals surface area contributed by atoms with Gasteiger partial charge in [0.15, 0.2) is 0 Å². The zero-order chi connectivity index (χ0) is 20.1. The Morgan fingerprint density at radius 2 is 1.93 bits per heavy atom. The van der Waals surface area contributed by atoms with E-state index in [0.29, 0.717) is 17.9 Å². The number of hydrogen-bond acceptors (Lipinski definition) is 6. The molecule has 0 fully saturated rings. The zero-order valence-corrected chi connectivity index (χ0v) is 16.6. The first-order valence-corrected chi connectivity index (χ1v) is 9.78. The highest BCUT2D eigenvalue weighted by Crippen LogP contribution is 2.37. The maximum Gasteiger partial charge on any atom is 0.303 e. The summed E-state index contributed by atoms with van der Waals surface area (Å²) in [5, 5.41) is 16.9. The van der Waals surface area contributed by atoms with Crippen molar-refractivity contribution in [1.29, 1.82) is 0 Å². The van der Waals surface area contributed by atoms with Gasteiger partial charge in [-0.25, -0.2) is 5.01 Å². The Kier molecular flexibility index (Phi) is 6.30. The molecule has 0 radical (unpaired) electrons. The number of nitrogens with zero attached hydrogens (tertiary/aromatic N) is 2. The number of carbonyl (C=O) groups is 2. The van der Waals surface area contributed by atoms with Gasteiger partial charge in [0, 0.05) is 25.3 Å². The molecule has 1 amide bonds. The van der Waals surface area contributed by atoms with E-state index in [9.17, 15) is 9.59 Å². The van der Waals surface area contributed by atoms with Crippen molar-refractivity contribution in [1.82, 2.24) is 5.01 Å². The average molecular weight is 402 g/mol. The third-order valence-corrected chi connectivity index (χ3v) is 5.43. The first kappa shape index (κ1) is 19.9. The van der Waals surface area contributed by atoms with Crippen LogP contribution < -0.4 is 9.47 Å². The Bertz CT molecular complexity index is 856. The van der Waals surface area contributed by atoms with Crippen LogP contribution in [-0.4, -0.2) is 41.9 Å². The highest BCUT2D eigenvalue weighted by Gasteiger charge is 2.33. The standard InChI is InChI=1S/C20H22N2O5S/c1-26-14-9-13(10-15(11-14)27-2)17-12-16(18-5-4-8-28-18)21-22(17)19(23)6-3-7-20(24)25/h4-5,8-11,17H,3,6-7,12H2,1-2H3,(H,24,25)/t17-/m0/s1. The minimum Gasteiger partial charge on any atom is -0.497 e. The minimum absolute atomic E-state index is 0.0429. The third kappa shape index (κ3) is 4.51. The molecule has 3 rings (SSSR count). The van der Waals surface area contributed by atoms with E-state index < -0.39 is 5.97 Å². The second-order valence-electron chi connectivity index (χ2n) is 6.38. The van der Waals surface area contributed by atoms with E-state index in [0.717, 1.165) is 16.2 Å². The van der Waals surface area contributed by atoms with Gasteiger partial charge in [0.1, 0.15) is 11.5 Å². The molecule has 28 heavy (non-hydrogen) atoms. The van der Waals surface area contributed by atoms with Crippen molar-refractivity contribution in [2.24, 2.45) is 5.10 Å². The molecule has 0 saturated heterocycles.